The second-order valence-corrected chi connectivity index (χ2v) is 4.27. The van der Waals surface area contributed by atoms with Crippen molar-refractivity contribution in [1.82, 2.24) is 0 Å². The summed E-state index contributed by atoms with van der Waals surface area (Å²) in [7, 11) is 3.92. The van der Waals surface area contributed by atoms with Crippen molar-refractivity contribution in [3.05, 3.63) is 29.1 Å². The topological polar surface area (TPSA) is 20.3 Å². The second kappa shape index (κ2) is 3.42. The van der Waals surface area contributed by atoms with Crippen LogP contribution >= 0.6 is 11.3 Å². The molecule has 0 amide bonds. The first kappa shape index (κ1) is 9.21. The van der Waals surface area contributed by atoms with E-state index in [-0.39, 0.29) is 0 Å². The zero-order chi connectivity index (χ0) is 10.1. The van der Waals surface area contributed by atoms with Crippen LogP contribution < -0.4 is 4.90 Å². The number of carbonyl (C=O) groups excluding carboxylic acids is 1. The highest BCUT2D eigenvalue weighted by molar-refractivity contribution is 7.17. The number of rotatable bonds is 2. The van der Waals surface area contributed by atoms with E-state index in [2.05, 4.69) is 6.07 Å². The number of fused-ring (bicyclic) bond motifs is 1. The molecule has 0 aliphatic heterocycles. The summed E-state index contributed by atoms with van der Waals surface area (Å²) in [5.74, 6) is 0. The number of carbonyl (C=O) groups is 1. The molecule has 2 aromatic rings. The van der Waals surface area contributed by atoms with Gasteiger partial charge >= 0.3 is 0 Å². The third-order valence-corrected chi connectivity index (χ3v) is 3.14. The quantitative estimate of drug-likeness (QED) is 0.703. The Hall–Kier alpha value is -1.35. The molecule has 2 nitrogen and oxygen atoms in total. The molecule has 0 aliphatic carbocycles. The molecular weight excluding hydrogens is 194 g/mol. The van der Waals surface area contributed by atoms with Crippen LogP contribution in [-0.2, 0) is 0 Å². The van der Waals surface area contributed by atoms with E-state index in [4.69, 9.17) is 0 Å². The molecule has 0 spiro atoms. The number of nitrogens with zero attached hydrogens (tertiary/aromatic N) is 1. The number of hydrogen-bond donors (Lipinski definition) is 0. The van der Waals surface area contributed by atoms with Gasteiger partial charge in [0.1, 0.15) is 0 Å². The van der Waals surface area contributed by atoms with E-state index in [9.17, 15) is 4.79 Å². The Kier molecular flexibility index (Phi) is 2.25. The molecular formula is C11H11NOS. The van der Waals surface area contributed by atoms with Gasteiger partial charge < -0.3 is 4.90 Å². The van der Waals surface area contributed by atoms with Crippen molar-refractivity contribution < 1.29 is 4.79 Å². The second-order valence-electron chi connectivity index (χ2n) is 3.35. The van der Waals surface area contributed by atoms with Gasteiger partial charge in [0.25, 0.3) is 0 Å². The molecule has 0 N–H and O–H groups in total. The van der Waals surface area contributed by atoms with Crippen LogP contribution in [-0.4, -0.2) is 20.4 Å². The van der Waals surface area contributed by atoms with E-state index in [1.54, 1.807) is 11.3 Å². The lowest BCUT2D eigenvalue weighted by Crippen LogP contribution is -2.11. The third kappa shape index (κ3) is 1.30. The Morgan fingerprint density at radius 2 is 2.07 bits per heavy atom. The molecule has 2 rings (SSSR count). The zero-order valence-electron chi connectivity index (χ0n) is 8.15. The van der Waals surface area contributed by atoms with Crippen molar-refractivity contribution >= 4 is 33.4 Å². The maximum absolute atomic E-state index is 10.9. The first-order chi connectivity index (χ1) is 6.74. The van der Waals surface area contributed by atoms with Gasteiger partial charge in [0.05, 0.1) is 10.4 Å². The minimum Gasteiger partial charge on any atom is -0.376 e. The fourth-order valence-electron chi connectivity index (χ4n) is 1.59. The van der Waals surface area contributed by atoms with Crippen LogP contribution in [0.4, 0.5) is 5.69 Å². The van der Waals surface area contributed by atoms with Gasteiger partial charge in [-0.3, -0.25) is 4.79 Å². The Morgan fingerprint density at radius 1 is 1.29 bits per heavy atom. The minimum absolute atomic E-state index is 0.755. The van der Waals surface area contributed by atoms with Crippen LogP contribution in [0.15, 0.2) is 23.6 Å². The molecule has 0 bridgehead atoms. The molecule has 1 aromatic heterocycles. The predicted octanol–water partition coefficient (Wildman–Crippen LogP) is 2.78. The van der Waals surface area contributed by atoms with E-state index >= 15 is 0 Å². The van der Waals surface area contributed by atoms with Crippen molar-refractivity contribution in [2.45, 2.75) is 0 Å². The highest BCUT2D eigenvalue weighted by Gasteiger charge is 2.09. The Labute approximate surface area is 86.8 Å². The largest absolute Gasteiger partial charge is 0.376 e. The van der Waals surface area contributed by atoms with Crippen LogP contribution in [0.2, 0.25) is 0 Å². The standard InChI is InChI=1S/C11H11NOS/c1-12(2)10-9(7-13)4-3-8-5-6-14-11(8)10/h3-7H,1-2H3. The summed E-state index contributed by atoms with van der Waals surface area (Å²) in [4.78, 5) is 12.9. The number of anilines is 1. The third-order valence-electron chi connectivity index (χ3n) is 2.20. The molecule has 0 aliphatic rings. The Morgan fingerprint density at radius 3 is 2.71 bits per heavy atom. The fourth-order valence-corrected chi connectivity index (χ4v) is 2.62. The first-order valence-corrected chi connectivity index (χ1v) is 5.24. The van der Waals surface area contributed by atoms with E-state index in [0.29, 0.717) is 0 Å². The number of thiophene rings is 1. The summed E-state index contributed by atoms with van der Waals surface area (Å²) in [6.07, 6.45) is 0.911. The van der Waals surface area contributed by atoms with Crippen LogP contribution in [0, 0.1) is 0 Å². The summed E-state index contributed by atoms with van der Waals surface area (Å²) in [6, 6.07) is 5.93. The summed E-state index contributed by atoms with van der Waals surface area (Å²) in [6.45, 7) is 0. The lowest BCUT2D eigenvalue weighted by atomic mass is 10.1. The Bertz CT molecular complexity index is 473. The van der Waals surface area contributed by atoms with Gasteiger partial charge in [-0.15, -0.1) is 11.3 Å². The maximum atomic E-state index is 10.9. The molecule has 0 unspecified atom stereocenters. The van der Waals surface area contributed by atoms with Crippen LogP contribution in [0.1, 0.15) is 10.4 Å². The molecule has 1 aromatic carbocycles. The molecule has 0 atom stereocenters. The SMILES string of the molecule is CN(C)c1c(C=O)ccc2ccsc12. The summed E-state index contributed by atoms with van der Waals surface area (Å²) in [5, 5.41) is 3.25. The summed E-state index contributed by atoms with van der Waals surface area (Å²) >= 11 is 1.67. The van der Waals surface area contributed by atoms with E-state index in [0.717, 1.165) is 17.5 Å². The predicted molar refractivity (Wildman–Crippen MR) is 61.5 cm³/mol. The van der Waals surface area contributed by atoms with Gasteiger partial charge in [-0.05, 0) is 22.9 Å². The first-order valence-electron chi connectivity index (χ1n) is 4.36. The monoisotopic (exact) mass is 205 g/mol. The van der Waals surface area contributed by atoms with Crippen LogP contribution in [0.3, 0.4) is 0 Å². The molecule has 0 fully saturated rings. The van der Waals surface area contributed by atoms with Gasteiger partial charge in [-0.1, -0.05) is 6.07 Å². The van der Waals surface area contributed by atoms with Crippen LogP contribution in [0.25, 0.3) is 10.1 Å². The average molecular weight is 205 g/mol. The summed E-state index contributed by atoms with van der Waals surface area (Å²) in [5.41, 5.74) is 1.78. The number of benzene rings is 1. The molecule has 0 radical (unpaired) electrons. The van der Waals surface area contributed by atoms with Crippen molar-refractivity contribution in [2.24, 2.45) is 0 Å². The van der Waals surface area contributed by atoms with Crippen LogP contribution in [0.5, 0.6) is 0 Å². The summed E-state index contributed by atoms with van der Waals surface area (Å²) < 4.78 is 1.18. The minimum atomic E-state index is 0.755. The van der Waals surface area contributed by atoms with Gasteiger partial charge in [-0.25, -0.2) is 0 Å². The lowest BCUT2D eigenvalue weighted by molar-refractivity contribution is 0.112. The van der Waals surface area contributed by atoms with Crippen molar-refractivity contribution in [3.8, 4) is 0 Å². The molecule has 3 heteroatoms. The highest BCUT2D eigenvalue weighted by Crippen LogP contribution is 2.32. The van der Waals surface area contributed by atoms with E-state index in [1.165, 1.54) is 10.1 Å². The molecule has 72 valence electrons. The molecule has 0 saturated carbocycles. The van der Waals surface area contributed by atoms with E-state index in [1.807, 2.05) is 36.5 Å². The fraction of sp³-hybridized carbons (Fsp3) is 0.182. The molecule has 0 saturated heterocycles. The zero-order valence-corrected chi connectivity index (χ0v) is 8.97. The van der Waals surface area contributed by atoms with Gasteiger partial charge in [0, 0.05) is 19.7 Å². The van der Waals surface area contributed by atoms with Gasteiger partial charge in [0.15, 0.2) is 6.29 Å². The Balaban J connectivity index is 2.81. The van der Waals surface area contributed by atoms with Gasteiger partial charge in [0.2, 0.25) is 0 Å². The van der Waals surface area contributed by atoms with E-state index < -0.39 is 0 Å². The van der Waals surface area contributed by atoms with Crippen molar-refractivity contribution in [3.63, 3.8) is 0 Å². The lowest BCUT2D eigenvalue weighted by Gasteiger charge is -2.15. The van der Waals surface area contributed by atoms with Gasteiger partial charge in [-0.2, -0.15) is 0 Å². The average Bonchev–Trinajstić information content (AvgIpc) is 2.62. The van der Waals surface area contributed by atoms with Crippen molar-refractivity contribution in [2.75, 3.05) is 19.0 Å². The smallest absolute Gasteiger partial charge is 0.152 e. The molecule has 1 heterocycles. The normalized spacial score (nSPS) is 10.4. The van der Waals surface area contributed by atoms with Crippen molar-refractivity contribution in [1.29, 1.82) is 0 Å². The molecule has 14 heavy (non-hydrogen) atoms. The maximum Gasteiger partial charge on any atom is 0.152 e. The number of aldehydes is 1. The highest BCUT2D eigenvalue weighted by atomic mass is 32.1. The number of hydrogen-bond acceptors (Lipinski definition) is 3.